The van der Waals surface area contributed by atoms with Crippen LogP contribution in [0.15, 0.2) is 97.1 Å². The van der Waals surface area contributed by atoms with Gasteiger partial charge >= 0.3 is 0 Å². The topological polar surface area (TPSA) is 95.8 Å². The van der Waals surface area contributed by atoms with Gasteiger partial charge in [0, 0.05) is 10.8 Å². The maximum Gasteiger partial charge on any atom is 0.197 e. The van der Waals surface area contributed by atoms with Crippen LogP contribution in [-0.2, 0) is 29.8 Å². The Balaban J connectivity index is 1.03. The average Bonchev–Trinajstić information content (AvgIpc) is 3.06. The predicted molar refractivity (Wildman–Crippen MR) is 187 cm³/mol. The zero-order chi connectivity index (χ0) is 34.6. The Bertz CT molecular complexity index is 1380. The highest BCUT2D eigenvalue weighted by atomic mass is 16.7. The first-order chi connectivity index (χ1) is 22.9. The van der Waals surface area contributed by atoms with E-state index in [-0.39, 0.29) is 22.3 Å². The van der Waals surface area contributed by atoms with Crippen LogP contribution in [0, 0.1) is 0 Å². The molecule has 0 saturated carbocycles. The summed E-state index contributed by atoms with van der Waals surface area (Å²) < 4.78 is 34.5. The SMILES string of the molecule is CC(OCCOCCOCCOC(C)Oc1ccc(C(C)(C)c2ccc(O)cc2)cc1)Oc1ccc(C(C)(C)c2ccc(O)cc2)cc1. The molecule has 2 atom stereocenters. The van der Waals surface area contributed by atoms with Gasteiger partial charge in [-0.15, -0.1) is 0 Å². The van der Waals surface area contributed by atoms with Gasteiger partial charge in [0.1, 0.15) is 23.0 Å². The van der Waals surface area contributed by atoms with Crippen LogP contribution in [-0.4, -0.2) is 62.4 Å². The Morgan fingerprint density at radius 3 is 1.02 bits per heavy atom. The van der Waals surface area contributed by atoms with Crippen molar-refractivity contribution in [3.63, 3.8) is 0 Å². The van der Waals surface area contributed by atoms with E-state index in [1.807, 2.05) is 62.4 Å². The zero-order valence-electron chi connectivity index (χ0n) is 29.0. The molecule has 0 aliphatic carbocycles. The van der Waals surface area contributed by atoms with E-state index in [1.54, 1.807) is 24.3 Å². The van der Waals surface area contributed by atoms with Crippen molar-refractivity contribution in [3.05, 3.63) is 119 Å². The molecule has 2 N–H and O–H groups in total. The van der Waals surface area contributed by atoms with Crippen molar-refractivity contribution in [2.75, 3.05) is 39.6 Å². The summed E-state index contributed by atoms with van der Waals surface area (Å²) in [5.41, 5.74) is 4.12. The van der Waals surface area contributed by atoms with Crippen LogP contribution in [0.1, 0.15) is 63.8 Å². The van der Waals surface area contributed by atoms with Crippen molar-refractivity contribution in [2.24, 2.45) is 0 Å². The number of hydrogen-bond donors (Lipinski definition) is 2. The third-order valence-corrected chi connectivity index (χ3v) is 8.47. The minimum atomic E-state index is -0.419. The van der Waals surface area contributed by atoms with Crippen molar-refractivity contribution in [3.8, 4) is 23.0 Å². The van der Waals surface area contributed by atoms with Crippen molar-refractivity contribution in [1.82, 2.24) is 0 Å². The summed E-state index contributed by atoms with van der Waals surface area (Å²) in [5.74, 6) is 1.98. The van der Waals surface area contributed by atoms with Gasteiger partial charge in [-0.2, -0.15) is 0 Å². The third kappa shape index (κ3) is 10.7. The maximum atomic E-state index is 9.60. The fourth-order valence-electron chi connectivity index (χ4n) is 5.31. The third-order valence-electron chi connectivity index (χ3n) is 8.47. The Labute approximate surface area is 285 Å². The van der Waals surface area contributed by atoms with Gasteiger partial charge in [0.15, 0.2) is 12.6 Å². The Morgan fingerprint density at radius 2 is 0.708 bits per heavy atom. The number of phenolic OH excluding ortho intramolecular Hbond substituents is 2. The summed E-state index contributed by atoms with van der Waals surface area (Å²) >= 11 is 0. The van der Waals surface area contributed by atoms with Crippen LogP contribution in [0.3, 0.4) is 0 Å². The average molecular weight is 659 g/mol. The molecule has 0 aromatic heterocycles. The molecular weight excluding hydrogens is 608 g/mol. The standard InChI is InChI=1S/C40H50O8/c1-29(47-37-19-11-33(12-20-37)39(3,4)31-7-15-35(41)16-8-31)45-27-25-43-23-24-44-26-28-46-30(2)48-38-21-13-34(14-22-38)40(5,6)32-9-17-36(42)18-10-32/h7-22,29-30,41-42H,23-28H2,1-6H3. The summed E-state index contributed by atoms with van der Waals surface area (Å²) in [6.45, 7) is 14.9. The quantitative estimate of drug-likeness (QED) is 0.0774. The van der Waals surface area contributed by atoms with Crippen LogP contribution in [0.25, 0.3) is 0 Å². The number of ether oxygens (including phenoxy) is 6. The lowest BCUT2D eigenvalue weighted by molar-refractivity contribution is -0.0943. The number of rotatable bonds is 19. The van der Waals surface area contributed by atoms with Gasteiger partial charge in [0.2, 0.25) is 0 Å². The smallest absolute Gasteiger partial charge is 0.197 e. The lowest BCUT2D eigenvalue weighted by Gasteiger charge is -2.26. The van der Waals surface area contributed by atoms with E-state index in [0.29, 0.717) is 39.6 Å². The molecule has 258 valence electrons. The van der Waals surface area contributed by atoms with Gasteiger partial charge in [-0.3, -0.25) is 0 Å². The molecule has 0 spiro atoms. The van der Waals surface area contributed by atoms with Crippen molar-refractivity contribution >= 4 is 0 Å². The summed E-state index contributed by atoms with van der Waals surface area (Å²) in [5, 5.41) is 19.2. The summed E-state index contributed by atoms with van der Waals surface area (Å²) in [7, 11) is 0. The molecule has 48 heavy (non-hydrogen) atoms. The van der Waals surface area contributed by atoms with Gasteiger partial charge in [-0.25, -0.2) is 0 Å². The van der Waals surface area contributed by atoms with Crippen molar-refractivity contribution < 1.29 is 38.6 Å². The van der Waals surface area contributed by atoms with E-state index >= 15 is 0 Å². The molecule has 0 aliphatic heterocycles. The van der Waals surface area contributed by atoms with Gasteiger partial charge < -0.3 is 38.6 Å². The summed E-state index contributed by atoms with van der Waals surface area (Å²) in [4.78, 5) is 0. The maximum absolute atomic E-state index is 9.60. The van der Waals surface area contributed by atoms with Crippen LogP contribution in [0.4, 0.5) is 0 Å². The molecule has 4 aromatic rings. The highest BCUT2D eigenvalue weighted by Crippen LogP contribution is 2.34. The summed E-state index contributed by atoms with van der Waals surface area (Å²) in [6, 6.07) is 30.6. The molecule has 8 heteroatoms. The predicted octanol–water partition coefficient (Wildman–Crippen LogP) is 7.97. The lowest BCUT2D eigenvalue weighted by atomic mass is 9.78. The number of hydrogen-bond acceptors (Lipinski definition) is 8. The molecule has 0 saturated heterocycles. The first-order valence-corrected chi connectivity index (χ1v) is 16.5. The highest BCUT2D eigenvalue weighted by Gasteiger charge is 2.24. The van der Waals surface area contributed by atoms with Crippen LogP contribution < -0.4 is 9.47 Å². The molecule has 0 aliphatic rings. The molecular formula is C40H50O8. The minimum absolute atomic E-state index is 0.210. The largest absolute Gasteiger partial charge is 0.508 e. The lowest BCUT2D eigenvalue weighted by Crippen LogP contribution is -2.21. The van der Waals surface area contributed by atoms with Crippen LogP contribution >= 0.6 is 0 Å². The van der Waals surface area contributed by atoms with Crippen LogP contribution in [0.2, 0.25) is 0 Å². The van der Waals surface area contributed by atoms with Gasteiger partial charge in [-0.1, -0.05) is 76.2 Å². The fraction of sp³-hybridized carbons (Fsp3) is 0.400. The monoisotopic (exact) mass is 658 g/mol. The van der Waals surface area contributed by atoms with E-state index in [4.69, 9.17) is 28.4 Å². The van der Waals surface area contributed by atoms with E-state index < -0.39 is 12.6 Å². The van der Waals surface area contributed by atoms with Crippen LogP contribution in [0.5, 0.6) is 23.0 Å². The second kappa shape index (κ2) is 17.4. The molecule has 8 nitrogen and oxygen atoms in total. The second-order valence-corrected chi connectivity index (χ2v) is 12.7. The molecule has 0 amide bonds. The molecule has 0 heterocycles. The molecule has 0 bridgehead atoms. The Hall–Kier alpha value is -4.08. The number of aromatic hydroxyl groups is 2. The van der Waals surface area contributed by atoms with E-state index in [1.165, 1.54) is 0 Å². The fourth-order valence-corrected chi connectivity index (χ4v) is 5.31. The molecule has 2 unspecified atom stereocenters. The zero-order valence-corrected chi connectivity index (χ0v) is 29.0. The Kier molecular flexibility index (Phi) is 13.3. The highest BCUT2D eigenvalue weighted by molar-refractivity contribution is 5.43. The number of phenols is 2. The molecule has 4 aromatic carbocycles. The Morgan fingerprint density at radius 1 is 0.438 bits per heavy atom. The normalized spacial score (nSPS) is 13.2. The molecule has 0 radical (unpaired) electrons. The second-order valence-electron chi connectivity index (χ2n) is 12.7. The number of benzene rings is 4. The molecule has 0 fully saturated rings. The van der Waals surface area contributed by atoms with E-state index in [0.717, 1.165) is 33.8 Å². The van der Waals surface area contributed by atoms with Gasteiger partial charge in [-0.05, 0) is 84.6 Å². The van der Waals surface area contributed by atoms with E-state index in [9.17, 15) is 10.2 Å². The van der Waals surface area contributed by atoms with Gasteiger partial charge in [0.05, 0.1) is 39.6 Å². The van der Waals surface area contributed by atoms with Gasteiger partial charge in [0.25, 0.3) is 0 Å². The minimum Gasteiger partial charge on any atom is -0.508 e. The molecule has 4 rings (SSSR count). The van der Waals surface area contributed by atoms with E-state index in [2.05, 4.69) is 52.0 Å². The van der Waals surface area contributed by atoms with Crippen molar-refractivity contribution in [2.45, 2.75) is 65.0 Å². The van der Waals surface area contributed by atoms with Crippen molar-refractivity contribution in [1.29, 1.82) is 0 Å². The summed E-state index contributed by atoms with van der Waals surface area (Å²) in [6.07, 6.45) is -0.838. The first-order valence-electron chi connectivity index (χ1n) is 16.5. The first kappa shape index (κ1) is 36.8.